The van der Waals surface area contributed by atoms with Crippen molar-refractivity contribution in [3.8, 4) is 0 Å². The summed E-state index contributed by atoms with van der Waals surface area (Å²) < 4.78 is 17.9. The number of carbonyl (C=O) groups excluding carboxylic acids is 1. The lowest BCUT2D eigenvalue weighted by atomic mass is 9.88. The van der Waals surface area contributed by atoms with Gasteiger partial charge in [-0.1, -0.05) is 35.5 Å². The van der Waals surface area contributed by atoms with Crippen LogP contribution in [0.5, 0.6) is 0 Å². The Kier molecular flexibility index (Phi) is 5.20. The summed E-state index contributed by atoms with van der Waals surface area (Å²) in [4.78, 5) is 19.7. The highest BCUT2D eigenvalue weighted by molar-refractivity contribution is 8.00. The van der Waals surface area contributed by atoms with E-state index in [1.807, 2.05) is 23.1 Å². The van der Waals surface area contributed by atoms with Crippen LogP contribution in [0.25, 0.3) is 0 Å². The Hall–Kier alpha value is -2.67. The van der Waals surface area contributed by atoms with Crippen LogP contribution in [0, 0.1) is 5.82 Å². The van der Waals surface area contributed by atoms with E-state index in [2.05, 4.69) is 22.3 Å². The molecule has 1 aliphatic heterocycles. The summed E-state index contributed by atoms with van der Waals surface area (Å²) in [5, 5.41) is 4.00. The molecule has 4 rings (SSSR count). The minimum absolute atomic E-state index is 0.00548. The van der Waals surface area contributed by atoms with Crippen molar-refractivity contribution in [3.63, 3.8) is 0 Å². The number of amides is 1. The SMILES string of the molecule is O=C(CSc1ccc(F)cc1)N1C[C@H](c2ccccc2)[C@@H](c2ncon2)C1. The number of thioether (sulfide) groups is 1. The van der Waals surface area contributed by atoms with Crippen molar-refractivity contribution in [2.45, 2.75) is 16.7 Å². The van der Waals surface area contributed by atoms with Crippen molar-refractivity contribution in [1.82, 2.24) is 15.0 Å². The van der Waals surface area contributed by atoms with E-state index in [4.69, 9.17) is 4.52 Å². The van der Waals surface area contributed by atoms with Crippen molar-refractivity contribution < 1.29 is 13.7 Å². The van der Waals surface area contributed by atoms with Crippen LogP contribution < -0.4 is 0 Å². The first-order valence-electron chi connectivity index (χ1n) is 8.68. The van der Waals surface area contributed by atoms with Gasteiger partial charge in [-0.25, -0.2) is 4.39 Å². The molecule has 138 valence electrons. The fourth-order valence-corrected chi connectivity index (χ4v) is 4.22. The maximum Gasteiger partial charge on any atom is 0.232 e. The Labute approximate surface area is 160 Å². The van der Waals surface area contributed by atoms with Crippen molar-refractivity contribution in [3.05, 3.63) is 78.2 Å². The molecule has 0 saturated carbocycles. The van der Waals surface area contributed by atoms with E-state index in [0.29, 0.717) is 24.7 Å². The standard InChI is InChI=1S/C20H18FN3O2S/c21-15-6-8-16(9-7-15)27-12-19(25)24-10-17(14-4-2-1-3-5-14)18(11-24)20-22-13-26-23-20/h1-9,13,17-18H,10-12H2/t17-,18+/m1/s1. The Morgan fingerprint density at radius 2 is 1.85 bits per heavy atom. The van der Waals surface area contributed by atoms with Crippen LogP contribution in [-0.2, 0) is 4.79 Å². The Balaban J connectivity index is 1.47. The highest BCUT2D eigenvalue weighted by Crippen LogP contribution is 2.38. The topological polar surface area (TPSA) is 59.2 Å². The smallest absolute Gasteiger partial charge is 0.232 e. The molecule has 7 heteroatoms. The molecule has 1 aliphatic rings. The van der Waals surface area contributed by atoms with Gasteiger partial charge in [-0.15, -0.1) is 11.8 Å². The number of aromatic nitrogens is 2. The van der Waals surface area contributed by atoms with Crippen molar-refractivity contribution in [2.24, 2.45) is 0 Å². The van der Waals surface area contributed by atoms with E-state index >= 15 is 0 Å². The number of rotatable bonds is 5. The number of likely N-dealkylation sites (tertiary alicyclic amines) is 1. The Bertz CT molecular complexity index is 887. The van der Waals surface area contributed by atoms with Crippen LogP contribution in [0.1, 0.15) is 23.2 Å². The second-order valence-electron chi connectivity index (χ2n) is 6.45. The normalized spacial score (nSPS) is 19.4. The number of carbonyl (C=O) groups is 1. The first-order valence-corrected chi connectivity index (χ1v) is 9.66. The molecule has 0 radical (unpaired) electrons. The summed E-state index contributed by atoms with van der Waals surface area (Å²) in [6.45, 7) is 1.17. The van der Waals surface area contributed by atoms with Gasteiger partial charge in [0.15, 0.2) is 5.82 Å². The quantitative estimate of drug-likeness (QED) is 0.629. The molecule has 0 N–H and O–H groups in total. The summed E-state index contributed by atoms with van der Waals surface area (Å²) in [6.07, 6.45) is 1.33. The number of nitrogens with zero attached hydrogens (tertiary/aromatic N) is 3. The summed E-state index contributed by atoms with van der Waals surface area (Å²) in [7, 11) is 0. The van der Waals surface area contributed by atoms with Gasteiger partial charge in [-0.05, 0) is 29.8 Å². The monoisotopic (exact) mass is 383 g/mol. The van der Waals surface area contributed by atoms with Gasteiger partial charge in [0.1, 0.15) is 5.82 Å². The van der Waals surface area contributed by atoms with Crippen LogP contribution in [0.2, 0.25) is 0 Å². The first kappa shape index (κ1) is 17.7. The molecule has 0 spiro atoms. The van der Waals surface area contributed by atoms with Gasteiger partial charge in [0.2, 0.25) is 12.3 Å². The minimum Gasteiger partial charge on any atom is -0.343 e. The molecule has 1 fully saturated rings. The third-order valence-corrected chi connectivity index (χ3v) is 5.78. The molecule has 0 bridgehead atoms. The first-order chi connectivity index (χ1) is 13.2. The maximum atomic E-state index is 13.0. The lowest BCUT2D eigenvalue weighted by Gasteiger charge is -2.16. The molecule has 3 aromatic rings. The van der Waals surface area contributed by atoms with Crippen molar-refractivity contribution >= 4 is 17.7 Å². The van der Waals surface area contributed by atoms with Gasteiger partial charge in [-0.3, -0.25) is 4.79 Å². The predicted molar refractivity (Wildman–Crippen MR) is 99.9 cm³/mol. The zero-order valence-corrected chi connectivity index (χ0v) is 15.3. The van der Waals surface area contributed by atoms with E-state index in [1.54, 1.807) is 12.1 Å². The second kappa shape index (κ2) is 7.92. The third kappa shape index (κ3) is 4.03. The Morgan fingerprint density at radius 1 is 1.11 bits per heavy atom. The van der Waals surface area contributed by atoms with Gasteiger partial charge >= 0.3 is 0 Å². The van der Waals surface area contributed by atoms with Gasteiger partial charge in [0, 0.05) is 29.8 Å². The molecule has 27 heavy (non-hydrogen) atoms. The maximum absolute atomic E-state index is 13.0. The van der Waals surface area contributed by atoms with E-state index in [9.17, 15) is 9.18 Å². The fraction of sp³-hybridized carbons (Fsp3) is 0.250. The molecule has 0 aliphatic carbocycles. The van der Waals surface area contributed by atoms with E-state index in [-0.39, 0.29) is 23.6 Å². The number of hydrogen-bond acceptors (Lipinski definition) is 5. The van der Waals surface area contributed by atoms with Crippen molar-refractivity contribution in [2.75, 3.05) is 18.8 Å². The zero-order valence-electron chi connectivity index (χ0n) is 14.5. The molecule has 2 aromatic carbocycles. The number of hydrogen-bond donors (Lipinski definition) is 0. The largest absolute Gasteiger partial charge is 0.343 e. The van der Waals surface area contributed by atoms with Crippen LogP contribution in [-0.4, -0.2) is 39.8 Å². The molecule has 1 saturated heterocycles. The van der Waals surface area contributed by atoms with Crippen LogP contribution >= 0.6 is 11.8 Å². The van der Waals surface area contributed by atoms with E-state index < -0.39 is 0 Å². The van der Waals surface area contributed by atoms with Gasteiger partial charge in [0.05, 0.1) is 5.75 Å². The van der Waals surface area contributed by atoms with Crippen LogP contribution in [0.15, 0.2) is 70.4 Å². The molecule has 2 heterocycles. The fourth-order valence-electron chi connectivity index (χ4n) is 3.42. The number of benzene rings is 2. The minimum atomic E-state index is -0.279. The average Bonchev–Trinajstić information content (AvgIpc) is 3.37. The summed E-state index contributed by atoms with van der Waals surface area (Å²) >= 11 is 1.41. The molecule has 5 nitrogen and oxygen atoms in total. The van der Waals surface area contributed by atoms with E-state index in [0.717, 1.165) is 10.5 Å². The van der Waals surface area contributed by atoms with Gasteiger partial charge in [-0.2, -0.15) is 4.98 Å². The highest BCUT2D eigenvalue weighted by atomic mass is 32.2. The molecular formula is C20H18FN3O2S. The van der Waals surface area contributed by atoms with Gasteiger partial charge < -0.3 is 9.42 Å². The lowest BCUT2D eigenvalue weighted by molar-refractivity contribution is -0.127. The van der Waals surface area contributed by atoms with Crippen molar-refractivity contribution in [1.29, 1.82) is 0 Å². The van der Waals surface area contributed by atoms with Crippen LogP contribution in [0.4, 0.5) is 4.39 Å². The molecule has 0 unspecified atom stereocenters. The molecule has 1 amide bonds. The summed E-state index contributed by atoms with van der Waals surface area (Å²) in [6, 6.07) is 16.3. The van der Waals surface area contributed by atoms with Gasteiger partial charge in [0.25, 0.3) is 0 Å². The highest BCUT2D eigenvalue weighted by Gasteiger charge is 2.39. The molecule has 1 aromatic heterocycles. The van der Waals surface area contributed by atoms with E-state index in [1.165, 1.54) is 30.3 Å². The lowest BCUT2D eigenvalue weighted by Crippen LogP contribution is -2.30. The number of halogens is 1. The summed E-state index contributed by atoms with van der Waals surface area (Å²) in [5.74, 6) is 0.849. The Morgan fingerprint density at radius 3 is 2.56 bits per heavy atom. The predicted octanol–water partition coefficient (Wildman–Crippen LogP) is 3.71. The third-order valence-electron chi connectivity index (χ3n) is 4.79. The molecular weight excluding hydrogens is 365 g/mol. The second-order valence-corrected chi connectivity index (χ2v) is 7.50. The van der Waals surface area contributed by atoms with Crippen LogP contribution in [0.3, 0.4) is 0 Å². The average molecular weight is 383 g/mol. The molecule has 2 atom stereocenters. The zero-order chi connectivity index (χ0) is 18.6. The summed E-state index contributed by atoms with van der Waals surface area (Å²) in [5.41, 5.74) is 1.16.